The highest BCUT2D eigenvalue weighted by atomic mass is 32.2. The standard InChI is InChI=1S/C37H40FN3O6S/c1-4-27(3)39-37(43)33(22-28-11-6-5-7-12-28)40(24-29-13-9-8-10-26(29)2)36(42)25-41(31-16-14-30(38)15-17-31)48(44,45)32-18-19-34-35(23-32)47-21-20-46-34/h5-19,23,27,33H,4,20-22,24-25H2,1-3H3,(H,39,43). The van der Waals surface area contributed by atoms with E-state index in [4.69, 9.17) is 9.47 Å². The quantitative estimate of drug-likeness (QED) is 0.197. The number of ether oxygens (including phenoxy) is 2. The summed E-state index contributed by atoms with van der Waals surface area (Å²) in [6, 6.07) is 24.9. The highest BCUT2D eigenvalue weighted by Gasteiger charge is 2.35. The van der Waals surface area contributed by atoms with Crippen LogP contribution in [0.4, 0.5) is 10.1 Å². The van der Waals surface area contributed by atoms with Crippen LogP contribution in [0.3, 0.4) is 0 Å². The molecule has 0 saturated carbocycles. The lowest BCUT2D eigenvalue weighted by Crippen LogP contribution is -2.54. The number of halogens is 1. The third kappa shape index (κ3) is 8.14. The molecule has 1 aliphatic heterocycles. The molecule has 0 spiro atoms. The van der Waals surface area contributed by atoms with Crippen LogP contribution < -0.4 is 19.1 Å². The van der Waals surface area contributed by atoms with Crippen molar-refractivity contribution in [2.45, 2.75) is 57.1 Å². The van der Waals surface area contributed by atoms with Crippen LogP contribution >= 0.6 is 0 Å². The van der Waals surface area contributed by atoms with Crippen molar-refractivity contribution in [1.29, 1.82) is 0 Å². The molecule has 5 rings (SSSR count). The summed E-state index contributed by atoms with van der Waals surface area (Å²) in [5.41, 5.74) is 2.64. The molecule has 0 bridgehead atoms. The maximum absolute atomic E-state index is 14.6. The minimum absolute atomic E-state index is 0.0538. The summed E-state index contributed by atoms with van der Waals surface area (Å²) in [6.07, 6.45) is 0.883. The van der Waals surface area contributed by atoms with Gasteiger partial charge in [-0.25, -0.2) is 12.8 Å². The monoisotopic (exact) mass is 673 g/mol. The van der Waals surface area contributed by atoms with Gasteiger partial charge in [-0.05, 0) is 73.4 Å². The second-order valence-electron chi connectivity index (χ2n) is 11.8. The lowest BCUT2D eigenvalue weighted by molar-refractivity contribution is -0.140. The fourth-order valence-corrected chi connectivity index (χ4v) is 6.84. The average Bonchev–Trinajstić information content (AvgIpc) is 3.09. The molecule has 1 aliphatic rings. The van der Waals surface area contributed by atoms with Gasteiger partial charge in [-0.15, -0.1) is 0 Å². The number of carbonyl (C=O) groups is 2. The largest absolute Gasteiger partial charge is 0.486 e. The lowest BCUT2D eigenvalue weighted by atomic mass is 10.0. The first kappa shape index (κ1) is 34.4. The molecule has 2 amide bonds. The van der Waals surface area contributed by atoms with Crippen LogP contribution in [0.1, 0.15) is 37.0 Å². The van der Waals surface area contributed by atoms with Crippen molar-refractivity contribution in [3.63, 3.8) is 0 Å². The Balaban J connectivity index is 1.58. The number of nitrogens with one attached hydrogen (secondary N) is 1. The molecule has 0 aromatic heterocycles. The van der Waals surface area contributed by atoms with Gasteiger partial charge < -0.3 is 19.7 Å². The van der Waals surface area contributed by atoms with Crippen molar-refractivity contribution in [2.75, 3.05) is 24.1 Å². The van der Waals surface area contributed by atoms with Crippen LogP contribution in [-0.4, -0.2) is 57.0 Å². The number of rotatable bonds is 13. The van der Waals surface area contributed by atoms with Gasteiger partial charge in [0.1, 0.15) is 31.6 Å². The number of hydrogen-bond acceptors (Lipinski definition) is 6. The third-order valence-corrected chi connectivity index (χ3v) is 10.1. The molecule has 0 fully saturated rings. The van der Waals surface area contributed by atoms with E-state index in [1.165, 1.54) is 35.2 Å². The Hall–Kier alpha value is -4.90. The predicted octanol–water partition coefficient (Wildman–Crippen LogP) is 5.66. The molecule has 0 aliphatic carbocycles. The molecular weight excluding hydrogens is 633 g/mol. The van der Waals surface area contributed by atoms with Gasteiger partial charge in [0.2, 0.25) is 11.8 Å². The van der Waals surface area contributed by atoms with E-state index < -0.39 is 34.3 Å². The molecule has 2 atom stereocenters. The van der Waals surface area contributed by atoms with E-state index in [-0.39, 0.29) is 47.9 Å². The van der Waals surface area contributed by atoms with Gasteiger partial charge in [-0.1, -0.05) is 61.5 Å². The fraction of sp³-hybridized carbons (Fsp3) is 0.297. The van der Waals surface area contributed by atoms with Gasteiger partial charge in [0, 0.05) is 25.1 Å². The number of aryl methyl sites for hydroxylation is 1. The van der Waals surface area contributed by atoms with Crippen LogP contribution in [0.2, 0.25) is 0 Å². The van der Waals surface area contributed by atoms with Crippen LogP contribution in [0, 0.1) is 12.7 Å². The van der Waals surface area contributed by atoms with Gasteiger partial charge in [-0.3, -0.25) is 13.9 Å². The minimum atomic E-state index is -4.41. The number of carbonyl (C=O) groups excluding carboxylic acids is 2. The fourth-order valence-electron chi connectivity index (χ4n) is 5.41. The Morgan fingerprint density at radius 1 is 0.896 bits per heavy atom. The molecule has 48 heavy (non-hydrogen) atoms. The summed E-state index contributed by atoms with van der Waals surface area (Å²) in [6.45, 7) is 5.75. The van der Waals surface area contributed by atoms with E-state index in [1.54, 1.807) is 0 Å². The molecule has 0 saturated heterocycles. The Morgan fingerprint density at radius 2 is 1.56 bits per heavy atom. The summed E-state index contributed by atoms with van der Waals surface area (Å²) in [5, 5.41) is 3.03. The molecular formula is C37H40FN3O6S. The van der Waals surface area contributed by atoms with Crippen molar-refractivity contribution in [1.82, 2.24) is 10.2 Å². The zero-order valence-electron chi connectivity index (χ0n) is 27.3. The molecule has 1 N–H and O–H groups in total. The molecule has 9 nitrogen and oxygen atoms in total. The molecule has 0 radical (unpaired) electrons. The molecule has 2 unspecified atom stereocenters. The number of amides is 2. The van der Waals surface area contributed by atoms with E-state index in [1.807, 2.05) is 75.4 Å². The highest BCUT2D eigenvalue weighted by molar-refractivity contribution is 7.92. The number of fused-ring (bicyclic) bond motifs is 1. The maximum Gasteiger partial charge on any atom is 0.264 e. The van der Waals surface area contributed by atoms with Gasteiger partial charge in [0.15, 0.2) is 11.5 Å². The normalized spacial score (nSPS) is 13.7. The van der Waals surface area contributed by atoms with Gasteiger partial charge in [0.05, 0.1) is 10.6 Å². The number of benzene rings is 4. The zero-order chi connectivity index (χ0) is 34.3. The van der Waals surface area contributed by atoms with Crippen LogP contribution in [0.15, 0.2) is 102 Å². The Bertz CT molecular complexity index is 1840. The van der Waals surface area contributed by atoms with Crippen molar-refractivity contribution >= 4 is 27.5 Å². The summed E-state index contributed by atoms with van der Waals surface area (Å²) in [7, 11) is -4.41. The van der Waals surface area contributed by atoms with Gasteiger partial charge in [0.25, 0.3) is 10.0 Å². The average molecular weight is 674 g/mol. The third-order valence-electron chi connectivity index (χ3n) is 8.37. The Morgan fingerprint density at radius 3 is 2.25 bits per heavy atom. The number of anilines is 1. The second kappa shape index (κ2) is 15.3. The molecule has 252 valence electrons. The number of sulfonamides is 1. The van der Waals surface area contributed by atoms with Crippen molar-refractivity contribution < 1.29 is 31.9 Å². The van der Waals surface area contributed by atoms with E-state index in [0.717, 1.165) is 33.1 Å². The lowest BCUT2D eigenvalue weighted by Gasteiger charge is -2.34. The number of nitrogens with zero attached hydrogens (tertiary/aromatic N) is 2. The molecule has 4 aromatic rings. The molecule has 1 heterocycles. The minimum Gasteiger partial charge on any atom is -0.486 e. The number of hydrogen-bond donors (Lipinski definition) is 1. The van der Waals surface area contributed by atoms with Crippen LogP contribution in [-0.2, 0) is 32.6 Å². The summed E-state index contributed by atoms with van der Waals surface area (Å²) in [4.78, 5) is 29.9. The van der Waals surface area contributed by atoms with Gasteiger partial charge >= 0.3 is 0 Å². The smallest absolute Gasteiger partial charge is 0.264 e. The van der Waals surface area contributed by atoms with Crippen LogP contribution in [0.5, 0.6) is 11.5 Å². The van der Waals surface area contributed by atoms with E-state index >= 15 is 0 Å². The Labute approximate surface area is 281 Å². The van der Waals surface area contributed by atoms with Crippen LogP contribution in [0.25, 0.3) is 0 Å². The first-order chi connectivity index (χ1) is 23.1. The highest BCUT2D eigenvalue weighted by Crippen LogP contribution is 2.34. The van der Waals surface area contributed by atoms with Gasteiger partial charge in [-0.2, -0.15) is 0 Å². The summed E-state index contributed by atoms with van der Waals surface area (Å²) >= 11 is 0. The Kier molecular flexibility index (Phi) is 11.0. The maximum atomic E-state index is 14.6. The van der Waals surface area contributed by atoms with E-state index in [2.05, 4.69) is 5.32 Å². The molecule has 11 heteroatoms. The topological polar surface area (TPSA) is 105 Å². The first-order valence-electron chi connectivity index (χ1n) is 15.9. The molecule has 4 aromatic carbocycles. The zero-order valence-corrected chi connectivity index (χ0v) is 28.1. The van der Waals surface area contributed by atoms with Crippen molar-refractivity contribution in [2.24, 2.45) is 0 Å². The van der Waals surface area contributed by atoms with E-state index in [0.29, 0.717) is 18.8 Å². The summed E-state index contributed by atoms with van der Waals surface area (Å²) < 4.78 is 54.9. The summed E-state index contributed by atoms with van der Waals surface area (Å²) in [5.74, 6) is -0.849. The second-order valence-corrected chi connectivity index (χ2v) is 13.6. The van der Waals surface area contributed by atoms with Crippen molar-refractivity contribution in [3.05, 3.63) is 120 Å². The first-order valence-corrected chi connectivity index (χ1v) is 17.4. The predicted molar refractivity (Wildman–Crippen MR) is 182 cm³/mol. The van der Waals surface area contributed by atoms with E-state index in [9.17, 15) is 22.4 Å². The SMILES string of the molecule is CCC(C)NC(=O)C(Cc1ccccc1)N(Cc1ccccc1C)C(=O)CN(c1ccc(F)cc1)S(=O)(=O)c1ccc2c(c1)OCCO2. The van der Waals surface area contributed by atoms with Crippen molar-refractivity contribution in [3.8, 4) is 11.5 Å².